The fourth-order valence-electron chi connectivity index (χ4n) is 4.40. The summed E-state index contributed by atoms with van der Waals surface area (Å²) in [6.07, 6.45) is 5.47. The number of aromatic nitrogens is 2. The number of hydrogen-bond acceptors (Lipinski definition) is 6. The highest BCUT2D eigenvalue weighted by Gasteiger charge is 2.49. The first-order chi connectivity index (χ1) is 16.6. The zero-order valence-electron chi connectivity index (χ0n) is 21.2. The van der Waals surface area contributed by atoms with E-state index >= 15 is 0 Å². The quantitative estimate of drug-likeness (QED) is 0.243. The van der Waals surface area contributed by atoms with Crippen molar-refractivity contribution in [2.75, 3.05) is 6.61 Å². The highest BCUT2D eigenvalue weighted by atomic mass is 32.2. The standard InChI is InChI=1S/C25H33F3N2O5S/c1-6-34-23(31)19-14-20(30(16(19)2)15-17-10-8-7-9-11-17)18-12-21(24(3,4)5)29-22(13-18)35-36(32,33)25(26,27)28/h12-14,17H,6-11,15H2,1-5H3. The van der Waals surface area contributed by atoms with Crippen LogP contribution in [0.3, 0.4) is 0 Å². The van der Waals surface area contributed by atoms with Crippen molar-refractivity contribution in [3.63, 3.8) is 0 Å². The van der Waals surface area contributed by atoms with Crippen molar-refractivity contribution in [1.82, 2.24) is 9.55 Å². The summed E-state index contributed by atoms with van der Waals surface area (Å²) in [5.41, 5.74) is -3.90. The van der Waals surface area contributed by atoms with Crippen molar-refractivity contribution in [1.29, 1.82) is 0 Å². The molecule has 0 spiro atoms. The molecular weight excluding hydrogens is 497 g/mol. The van der Waals surface area contributed by atoms with Gasteiger partial charge in [-0.25, -0.2) is 9.78 Å². The van der Waals surface area contributed by atoms with Gasteiger partial charge in [-0.3, -0.25) is 0 Å². The second kappa shape index (κ2) is 10.4. The third-order valence-electron chi connectivity index (χ3n) is 6.37. The largest absolute Gasteiger partial charge is 0.534 e. The second-order valence-electron chi connectivity index (χ2n) is 10.2. The van der Waals surface area contributed by atoms with Gasteiger partial charge in [-0.2, -0.15) is 21.6 Å². The molecule has 2 aromatic heterocycles. The molecule has 2 heterocycles. The van der Waals surface area contributed by atoms with Crippen LogP contribution in [0, 0.1) is 12.8 Å². The maximum Gasteiger partial charge on any atom is 0.534 e. The lowest BCUT2D eigenvalue weighted by Gasteiger charge is -2.25. The minimum atomic E-state index is -5.91. The van der Waals surface area contributed by atoms with Crippen molar-refractivity contribution in [2.24, 2.45) is 5.92 Å². The minimum absolute atomic E-state index is 0.193. The van der Waals surface area contributed by atoms with Gasteiger partial charge < -0.3 is 13.5 Å². The van der Waals surface area contributed by atoms with Crippen LogP contribution >= 0.6 is 0 Å². The van der Waals surface area contributed by atoms with Crippen LogP contribution in [-0.2, 0) is 26.8 Å². The molecule has 1 aliphatic rings. The zero-order chi connectivity index (χ0) is 26.9. The summed E-state index contributed by atoms with van der Waals surface area (Å²) in [6, 6.07) is 4.49. The maximum absolute atomic E-state index is 13.0. The van der Waals surface area contributed by atoms with Gasteiger partial charge in [-0.05, 0) is 44.7 Å². The molecule has 0 aliphatic heterocycles. The van der Waals surface area contributed by atoms with Crippen molar-refractivity contribution >= 4 is 16.1 Å². The Morgan fingerprint density at radius 2 is 1.75 bits per heavy atom. The van der Waals surface area contributed by atoms with E-state index in [0.29, 0.717) is 40.7 Å². The van der Waals surface area contributed by atoms with Crippen molar-refractivity contribution in [3.05, 3.63) is 35.2 Å². The van der Waals surface area contributed by atoms with Crippen molar-refractivity contribution < 1.29 is 35.3 Å². The van der Waals surface area contributed by atoms with Gasteiger partial charge in [0.25, 0.3) is 0 Å². The normalized spacial score (nSPS) is 15.7. The van der Waals surface area contributed by atoms with Crippen LogP contribution in [0.2, 0.25) is 0 Å². The number of hydrogen-bond donors (Lipinski definition) is 0. The van der Waals surface area contributed by atoms with Crippen LogP contribution in [0.15, 0.2) is 18.2 Å². The fourth-order valence-corrected chi connectivity index (χ4v) is 4.81. The van der Waals surface area contributed by atoms with E-state index in [1.54, 1.807) is 46.8 Å². The Balaban J connectivity index is 2.18. The van der Waals surface area contributed by atoms with Crippen LogP contribution in [0.1, 0.15) is 81.5 Å². The molecule has 0 radical (unpaired) electrons. The molecule has 2 aromatic rings. The lowest BCUT2D eigenvalue weighted by atomic mass is 9.89. The molecule has 11 heteroatoms. The molecule has 0 atom stereocenters. The number of esters is 1. The van der Waals surface area contributed by atoms with E-state index < -0.39 is 32.9 Å². The SMILES string of the molecule is CCOC(=O)c1cc(-c2cc(OS(=O)(=O)C(F)(F)F)nc(C(C)(C)C)c2)n(CC2CCCCC2)c1C. The van der Waals surface area contributed by atoms with Gasteiger partial charge in [-0.1, -0.05) is 40.0 Å². The van der Waals surface area contributed by atoms with Gasteiger partial charge in [0, 0.05) is 35.0 Å². The monoisotopic (exact) mass is 530 g/mol. The first kappa shape index (κ1) is 28.0. The van der Waals surface area contributed by atoms with Gasteiger partial charge in [0.1, 0.15) is 0 Å². The van der Waals surface area contributed by atoms with E-state index in [9.17, 15) is 26.4 Å². The summed E-state index contributed by atoms with van der Waals surface area (Å²) in [4.78, 5) is 16.7. The highest BCUT2D eigenvalue weighted by molar-refractivity contribution is 7.87. The second-order valence-corrected chi connectivity index (χ2v) is 11.7. The lowest BCUT2D eigenvalue weighted by molar-refractivity contribution is -0.0501. The molecule has 200 valence electrons. The van der Waals surface area contributed by atoms with Crippen LogP contribution < -0.4 is 4.18 Å². The first-order valence-electron chi connectivity index (χ1n) is 12.0. The number of halogens is 3. The number of carbonyl (C=O) groups is 1. The smallest absolute Gasteiger partial charge is 0.462 e. The summed E-state index contributed by atoms with van der Waals surface area (Å²) < 4.78 is 74.1. The minimum Gasteiger partial charge on any atom is -0.462 e. The Kier molecular flexibility index (Phi) is 8.12. The van der Waals surface area contributed by atoms with E-state index in [2.05, 4.69) is 9.17 Å². The summed E-state index contributed by atoms with van der Waals surface area (Å²) in [5, 5.41) is 0. The molecule has 0 bridgehead atoms. The lowest BCUT2D eigenvalue weighted by Crippen LogP contribution is -2.28. The molecule has 0 unspecified atom stereocenters. The van der Waals surface area contributed by atoms with Crippen LogP contribution in [0.4, 0.5) is 13.2 Å². The Labute approximate surface area is 210 Å². The third kappa shape index (κ3) is 6.22. The summed E-state index contributed by atoms with van der Waals surface area (Å²) in [6.45, 7) is 9.72. The third-order valence-corrected chi connectivity index (χ3v) is 7.33. The van der Waals surface area contributed by atoms with Crippen LogP contribution in [-0.4, -0.2) is 36.1 Å². The van der Waals surface area contributed by atoms with E-state index in [4.69, 9.17) is 4.74 Å². The first-order valence-corrected chi connectivity index (χ1v) is 13.5. The highest BCUT2D eigenvalue weighted by Crippen LogP contribution is 2.36. The number of rotatable bonds is 7. The number of pyridine rings is 1. The van der Waals surface area contributed by atoms with Gasteiger partial charge in [0.15, 0.2) is 0 Å². The van der Waals surface area contributed by atoms with Gasteiger partial charge in [0.05, 0.1) is 17.9 Å². The molecule has 1 fully saturated rings. The molecule has 36 heavy (non-hydrogen) atoms. The summed E-state index contributed by atoms with van der Waals surface area (Å²) in [5.74, 6) is -0.806. The average Bonchev–Trinajstić information content (AvgIpc) is 3.09. The Bertz CT molecular complexity index is 1210. The topological polar surface area (TPSA) is 87.5 Å². The van der Waals surface area contributed by atoms with E-state index in [1.807, 2.05) is 4.57 Å². The average molecular weight is 531 g/mol. The van der Waals surface area contributed by atoms with Gasteiger partial charge in [0.2, 0.25) is 5.88 Å². The Morgan fingerprint density at radius 3 is 2.31 bits per heavy atom. The Morgan fingerprint density at radius 1 is 1.11 bits per heavy atom. The number of ether oxygens (including phenoxy) is 1. The molecule has 7 nitrogen and oxygen atoms in total. The van der Waals surface area contributed by atoms with Crippen molar-refractivity contribution in [3.8, 4) is 17.1 Å². The zero-order valence-corrected chi connectivity index (χ0v) is 22.1. The van der Waals surface area contributed by atoms with Crippen LogP contribution in [0.5, 0.6) is 5.88 Å². The van der Waals surface area contributed by atoms with E-state index in [1.165, 1.54) is 12.5 Å². The molecule has 0 amide bonds. The predicted molar refractivity (Wildman–Crippen MR) is 129 cm³/mol. The molecule has 1 aliphatic carbocycles. The predicted octanol–water partition coefficient (Wildman–Crippen LogP) is 6.14. The molecule has 0 N–H and O–H groups in total. The number of carbonyl (C=O) groups excluding carboxylic acids is 1. The van der Waals surface area contributed by atoms with Crippen molar-refractivity contribution in [2.45, 2.75) is 84.2 Å². The molecule has 0 aromatic carbocycles. The summed E-state index contributed by atoms with van der Waals surface area (Å²) in [7, 11) is -5.91. The summed E-state index contributed by atoms with van der Waals surface area (Å²) >= 11 is 0. The fraction of sp³-hybridized carbons (Fsp3) is 0.600. The van der Waals surface area contributed by atoms with E-state index in [-0.39, 0.29) is 6.61 Å². The van der Waals surface area contributed by atoms with Gasteiger partial charge in [-0.15, -0.1) is 0 Å². The molecule has 0 saturated heterocycles. The molecule has 1 saturated carbocycles. The molecular formula is C25H33F3N2O5S. The molecule has 3 rings (SSSR count). The number of nitrogens with zero attached hydrogens (tertiary/aromatic N) is 2. The Hall–Kier alpha value is -2.56. The maximum atomic E-state index is 13.0. The van der Waals surface area contributed by atoms with E-state index in [0.717, 1.165) is 25.7 Å². The number of alkyl halides is 3. The van der Waals surface area contributed by atoms with Gasteiger partial charge >= 0.3 is 21.6 Å². The van der Waals surface area contributed by atoms with Crippen LogP contribution in [0.25, 0.3) is 11.3 Å².